The first-order chi connectivity index (χ1) is 18.4. The number of halogens is 1. The molecule has 0 bridgehead atoms. The van der Waals surface area contributed by atoms with Crippen molar-refractivity contribution in [2.75, 3.05) is 11.6 Å². The van der Waals surface area contributed by atoms with Crippen molar-refractivity contribution in [2.24, 2.45) is 0 Å². The fraction of sp³-hybridized carbons (Fsp3) is 0.258. The number of sulfone groups is 1. The van der Waals surface area contributed by atoms with Gasteiger partial charge in [-0.15, -0.1) is 0 Å². The van der Waals surface area contributed by atoms with Crippen molar-refractivity contribution in [1.82, 2.24) is 4.57 Å². The molecule has 0 saturated heterocycles. The van der Waals surface area contributed by atoms with Gasteiger partial charge in [0.15, 0.2) is 9.84 Å². The second kappa shape index (κ2) is 11.6. The van der Waals surface area contributed by atoms with Crippen LogP contribution in [0, 0.1) is 26.6 Å². The van der Waals surface area contributed by atoms with Crippen molar-refractivity contribution in [2.45, 2.75) is 51.7 Å². The van der Waals surface area contributed by atoms with Crippen LogP contribution in [0.2, 0.25) is 0 Å². The Morgan fingerprint density at radius 2 is 1.69 bits per heavy atom. The molecule has 1 heterocycles. The van der Waals surface area contributed by atoms with E-state index in [0.717, 1.165) is 28.8 Å². The maximum absolute atomic E-state index is 13.9. The van der Waals surface area contributed by atoms with Crippen LogP contribution in [-0.4, -0.2) is 31.3 Å². The number of nitrogens with zero attached hydrogens (tertiary/aromatic N) is 1. The minimum atomic E-state index is -3.37. The predicted octanol–water partition coefficient (Wildman–Crippen LogP) is 6.35. The normalized spacial score (nSPS) is 12.4. The van der Waals surface area contributed by atoms with E-state index >= 15 is 0 Å². The van der Waals surface area contributed by atoms with Crippen molar-refractivity contribution in [3.05, 3.63) is 112 Å². The number of benzene rings is 3. The van der Waals surface area contributed by atoms with Crippen molar-refractivity contribution in [3.8, 4) is 5.69 Å². The number of hydrogen-bond donors (Lipinski definition) is 1. The average Bonchev–Trinajstić information content (AvgIpc) is 3.18. The highest BCUT2D eigenvalue weighted by atomic mass is 32.2. The molecule has 1 aromatic heterocycles. The van der Waals surface area contributed by atoms with Crippen LogP contribution in [0.4, 0.5) is 10.1 Å². The molecule has 204 valence electrons. The van der Waals surface area contributed by atoms with Gasteiger partial charge in [0.25, 0.3) is 5.91 Å². The summed E-state index contributed by atoms with van der Waals surface area (Å²) in [6.45, 7) is 7.84. The molecule has 0 radical (unpaired) electrons. The smallest absolute Gasteiger partial charge is 0.257 e. The van der Waals surface area contributed by atoms with E-state index in [9.17, 15) is 17.6 Å². The van der Waals surface area contributed by atoms with Gasteiger partial charge < -0.3 is 14.6 Å². The third kappa shape index (κ3) is 6.64. The fourth-order valence-electron chi connectivity index (χ4n) is 4.76. The van der Waals surface area contributed by atoms with E-state index in [1.54, 1.807) is 25.1 Å². The van der Waals surface area contributed by atoms with Crippen molar-refractivity contribution < 1.29 is 22.3 Å². The molecule has 0 aliphatic rings. The Balaban J connectivity index is 1.65. The molecule has 1 N–H and O–H groups in total. The maximum atomic E-state index is 13.9. The SMILES string of the molecule is Cc1cc(F)ccc1-n1c(CC(C)OCc2ccccc2)cc(C(=O)Nc2ccc(S(C)(=O)=O)c(C)c2)c1C. The van der Waals surface area contributed by atoms with E-state index in [1.165, 1.54) is 18.2 Å². The molecule has 8 heteroatoms. The summed E-state index contributed by atoms with van der Waals surface area (Å²) in [6, 6.07) is 21.1. The van der Waals surface area contributed by atoms with Crippen LogP contribution < -0.4 is 5.32 Å². The monoisotopic (exact) mass is 548 g/mol. The molecular weight excluding hydrogens is 515 g/mol. The lowest BCUT2D eigenvalue weighted by molar-refractivity contribution is 0.0526. The summed E-state index contributed by atoms with van der Waals surface area (Å²) in [5, 5.41) is 2.90. The maximum Gasteiger partial charge on any atom is 0.257 e. The highest BCUT2D eigenvalue weighted by Gasteiger charge is 2.22. The number of nitrogens with one attached hydrogen (secondary N) is 1. The number of aryl methyl sites for hydroxylation is 2. The lowest BCUT2D eigenvalue weighted by atomic mass is 10.1. The zero-order chi connectivity index (χ0) is 28.3. The molecule has 0 fully saturated rings. The summed E-state index contributed by atoms with van der Waals surface area (Å²) in [6.07, 6.45) is 1.53. The third-order valence-corrected chi connectivity index (χ3v) is 7.93. The van der Waals surface area contributed by atoms with Crippen LogP contribution in [0.25, 0.3) is 5.69 Å². The molecule has 0 aliphatic heterocycles. The van der Waals surface area contributed by atoms with Gasteiger partial charge >= 0.3 is 0 Å². The van der Waals surface area contributed by atoms with E-state index in [0.29, 0.717) is 35.5 Å². The first kappa shape index (κ1) is 28.3. The Morgan fingerprint density at radius 1 is 0.974 bits per heavy atom. The van der Waals surface area contributed by atoms with Gasteiger partial charge in [-0.05, 0) is 86.8 Å². The molecule has 4 rings (SSSR count). The molecule has 0 spiro atoms. The van der Waals surface area contributed by atoms with E-state index in [2.05, 4.69) is 5.32 Å². The van der Waals surface area contributed by atoms with Gasteiger partial charge in [-0.25, -0.2) is 12.8 Å². The van der Waals surface area contributed by atoms with Crippen LogP contribution >= 0.6 is 0 Å². The first-order valence-corrected chi connectivity index (χ1v) is 14.6. The van der Waals surface area contributed by atoms with Crippen molar-refractivity contribution in [1.29, 1.82) is 0 Å². The van der Waals surface area contributed by atoms with Crippen molar-refractivity contribution in [3.63, 3.8) is 0 Å². The third-order valence-electron chi connectivity index (χ3n) is 6.67. The molecule has 0 saturated carbocycles. The Labute approximate surface area is 229 Å². The standard InChI is InChI=1S/C31H33FN2O4S/c1-20-15-25(32)11-13-29(20)34-23(4)28(18-27(34)17-22(3)38-19-24-9-7-6-8-10-24)31(35)33-26-12-14-30(21(2)16-26)39(5,36)37/h6-16,18,22H,17,19H2,1-5H3,(H,33,35). The number of amides is 1. The molecule has 0 aliphatic carbocycles. The largest absolute Gasteiger partial charge is 0.373 e. The number of anilines is 1. The minimum absolute atomic E-state index is 0.152. The molecule has 1 atom stereocenters. The van der Waals surface area contributed by atoms with E-state index in [-0.39, 0.29) is 22.7 Å². The highest BCUT2D eigenvalue weighted by Crippen LogP contribution is 2.27. The molecule has 39 heavy (non-hydrogen) atoms. The van der Waals surface area contributed by atoms with E-state index < -0.39 is 9.84 Å². The van der Waals surface area contributed by atoms with E-state index in [1.807, 2.05) is 61.7 Å². The molecule has 1 unspecified atom stereocenters. The molecule has 1 amide bonds. The number of carbonyl (C=O) groups excluding carboxylic acids is 1. The number of ether oxygens (including phenoxy) is 1. The minimum Gasteiger partial charge on any atom is -0.373 e. The lowest BCUT2D eigenvalue weighted by Gasteiger charge is -2.18. The zero-order valence-electron chi connectivity index (χ0n) is 22.8. The topological polar surface area (TPSA) is 77.4 Å². The first-order valence-electron chi connectivity index (χ1n) is 12.7. The highest BCUT2D eigenvalue weighted by molar-refractivity contribution is 7.90. The van der Waals surface area contributed by atoms with Gasteiger partial charge in [0.2, 0.25) is 0 Å². The summed E-state index contributed by atoms with van der Waals surface area (Å²) >= 11 is 0. The van der Waals surface area contributed by atoms with Crippen LogP contribution in [0.5, 0.6) is 0 Å². The van der Waals surface area contributed by atoms with Gasteiger partial charge in [0, 0.05) is 35.4 Å². The van der Waals surface area contributed by atoms with Crippen LogP contribution in [0.3, 0.4) is 0 Å². The summed E-state index contributed by atoms with van der Waals surface area (Å²) in [4.78, 5) is 13.7. The van der Waals surface area contributed by atoms with Gasteiger partial charge in [-0.3, -0.25) is 4.79 Å². The quantitative estimate of drug-likeness (QED) is 0.265. The zero-order valence-corrected chi connectivity index (χ0v) is 23.6. The molecule has 3 aromatic carbocycles. The number of carbonyl (C=O) groups is 1. The molecular formula is C31H33FN2O4S. The van der Waals surface area contributed by atoms with Crippen LogP contribution in [-0.2, 0) is 27.6 Å². The van der Waals surface area contributed by atoms with Crippen LogP contribution in [0.1, 0.15) is 45.4 Å². The second-order valence-corrected chi connectivity index (χ2v) is 11.9. The fourth-order valence-corrected chi connectivity index (χ4v) is 5.72. The van der Waals surface area contributed by atoms with Gasteiger partial charge in [-0.1, -0.05) is 30.3 Å². The van der Waals surface area contributed by atoms with Gasteiger partial charge in [0.05, 0.1) is 23.2 Å². The lowest BCUT2D eigenvalue weighted by Crippen LogP contribution is -2.15. The van der Waals surface area contributed by atoms with E-state index in [4.69, 9.17) is 4.74 Å². The summed E-state index contributed by atoms with van der Waals surface area (Å²) in [5.41, 5.74) is 5.68. The number of rotatable bonds is 9. The number of aromatic nitrogens is 1. The summed E-state index contributed by atoms with van der Waals surface area (Å²) in [7, 11) is -3.37. The Kier molecular flexibility index (Phi) is 8.37. The van der Waals surface area contributed by atoms with Gasteiger partial charge in [-0.2, -0.15) is 0 Å². The van der Waals surface area contributed by atoms with Crippen molar-refractivity contribution >= 4 is 21.4 Å². The average molecular weight is 549 g/mol. The summed E-state index contributed by atoms with van der Waals surface area (Å²) < 4.78 is 45.9. The Hall–Kier alpha value is -3.75. The summed E-state index contributed by atoms with van der Waals surface area (Å²) in [5.74, 6) is -0.648. The Morgan fingerprint density at radius 3 is 2.33 bits per heavy atom. The van der Waals surface area contributed by atoms with Crippen LogP contribution in [0.15, 0.2) is 77.7 Å². The predicted molar refractivity (Wildman–Crippen MR) is 152 cm³/mol. The molecule has 4 aromatic rings. The Bertz CT molecular complexity index is 1610. The molecule has 6 nitrogen and oxygen atoms in total. The second-order valence-electron chi connectivity index (χ2n) is 9.92. The van der Waals surface area contributed by atoms with Gasteiger partial charge in [0.1, 0.15) is 5.82 Å². The number of hydrogen-bond acceptors (Lipinski definition) is 4.